The number of carbonyl (C=O) groups is 1. The lowest BCUT2D eigenvalue weighted by atomic mass is 9.91. The largest absolute Gasteiger partial charge is 0.338 e. The molecular weight excluding hydrogens is 340 g/mol. The summed E-state index contributed by atoms with van der Waals surface area (Å²) in [5.74, 6) is 0.819. The zero-order valence-electron chi connectivity index (χ0n) is 13.9. The summed E-state index contributed by atoms with van der Waals surface area (Å²) in [6.45, 7) is 2.78. The van der Waals surface area contributed by atoms with Gasteiger partial charge in [0.2, 0.25) is 0 Å². The van der Waals surface area contributed by atoms with Crippen molar-refractivity contribution in [2.75, 3.05) is 26.7 Å². The molecule has 1 saturated heterocycles. The van der Waals surface area contributed by atoms with E-state index in [1.54, 1.807) is 11.3 Å². The summed E-state index contributed by atoms with van der Waals surface area (Å²) in [5, 5.41) is 3.22. The summed E-state index contributed by atoms with van der Waals surface area (Å²) in [5.41, 5.74) is 4.09. The number of halogens is 1. The molecule has 2 aromatic rings. The van der Waals surface area contributed by atoms with E-state index in [2.05, 4.69) is 35.6 Å². The summed E-state index contributed by atoms with van der Waals surface area (Å²) < 4.78 is 0. The van der Waals surface area contributed by atoms with Crippen LogP contribution in [0.25, 0.3) is 10.4 Å². The van der Waals surface area contributed by atoms with E-state index in [1.165, 1.54) is 21.6 Å². The van der Waals surface area contributed by atoms with Crippen molar-refractivity contribution in [2.24, 2.45) is 5.92 Å². The van der Waals surface area contributed by atoms with Gasteiger partial charge in [-0.3, -0.25) is 4.79 Å². The minimum Gasteiger partial charge on any atom is -0.338 e. The Kier molecular flexibility index (Phi) is 5.28. The average Bonchev–Trinajstić information content (AvgIpc) is 3.21. The number of nitrogens with zero attached hydrogens (tertiary/aromatic N) is 1. The van der Waals surface area contributed by atoms with Crippen molar-refractivity contribution in [3.8, 4) is 10.4 Å². The third-order valence-corrected chi connectivity index (χ3v) is 6.21. The first-order valence-corrected chi connectivity index (χ1v) is 9.23. The minimum absolute atomic E-state index is 0. The highest BCUT2D eigenvalue weighted by atomic mass is 35.5. The molecule has 1 N–H and O–H groups in total. The number of rotatable bonds is 3. The van der Waals surface area contributed by atoms with E-state index >= 15 is 0 Å². The van der Waals surface area contributed by atoms with E-state index < -0.39 is 0 Å². The van der Waals surface area contributed by atoms with Crippen LogP contribution in [0.15, 0.2) is 30.3 Å². The monoisotopic (exact) mass is 362 g/mol. The standard InChI is InChI=1S/C19H22N2OS.ClH/c1-20-11-13-8-9-21(12-13)19(22)17-10-15-7-6-14-4-2-3-5-16(14)18(15)23-17;/h2-5,10,13,20H,6-9,11-12H2,1H3;1H. The van der Waals surface area contributed by atoms with Gasteiger partial charge in [-0.2, -0.15) is 0 Å². The lowest BCUT2D eigenvalue weighted by Crippen LogP contribution is -2.29. The predicted octanol–water partition coefficient (Wildman–Crippen LogP) is 3.62. The average molecular weight is 363 g/mol. The van der Waals surface area contributed by atoms with Gasteiger partial charge < -0.3 is 10.2 Å². The topological polar surface area (TPSA) is 32.3 Å². The Morgan fingerprint density at radius 3 is 2.92 bits per heavy atom. The maximum Gasteiger partial charge on any atom is 0.263 e. The van der Waals surface area contributed by atoms with Gasteiger partial charge in [-0.15, -0.1) is 23.7 Å². The molecular formula is C19H23ClN2OS. The summed E-state index contributed by atoms with van der Waals surface area (Å²) >= 11 is 1.68. The zero-order valence-corrected chi connectivity index (χ0v) is 15.5. The first-order valence-electron chi connectivity index (χ1n) is 8.41. The number of aryl methyl sites for hydroxylation is 2. The van der Waals surface area contributed by atoms with Gasteiger partial charge >= 0.3 is 0 Å². The fourth-order valence-corrected chi connectivity index (χ4v) is 5.04. The lowest BCUT2D eigenvalue weighted by molar-refractivity contribution is 0.0792. The second-order valence-corrected chi connectivity index (χ2v) is 7.64. The first kappa shape index (κ1) is 17.5. The zero-order chi connectivity index (χ0) is 15.8. The minimum atomic E-state index is 0. The van der Waals surface area contributed by atoms with Crippen LogP contribution < -0.4 is 5.32 Å². The SMILES string of the molecule is CNCC1CCN(C(=O)c2cc3c(s2)-c2ccccc2CC3)C1.Cl. The molecule has 0 spiro atoms. The molecule has 2 aliphatic rings. The smallest absolute Gasteiger partial charge is 0.263 e. The van der Waals surface area contributed by atoms with Crippen molar-refractivity contribution < 1.29 is 4.79 Å². The molecule has 128 valence electrons. The highest BCUT2D eigenvalue weighted by Crippen LogP contribution is 2.40. The van der Waals surface area contributed by atoms with Crippen molar-refractivity contribution in [3.63, 3.8) is 0 Å². The number of benzene rings is 1. The Hall–Kier alpha value is -1.36. The molecule has 1 aliphatic carbocycles. The van der Waals surface area contributed by atoms with Crippen LogP contribution in [0.2, 0.25) is 0 Å². The molecule has 1 unspecified atom stereocenters. The number of thiophene rings is 1. The third-order valence-electron chi connectivity index (χ3n) is 5.01. The number of nitrogens with one attached hydrogen (secondary N) is 1. The van der Waals surface area contributed by atoms with Gasteiger partial charge in [-0.05, 0) is 61.5 Å². The number of likely N-dealkylation sites (tertiary alicyclic amines) is 1. The van der Waals surface area contributed by atoms with Crippen LogP contribution in [-0.2, 0) is 12.8 Å². The van der Waals surface area contributed by atoms with E-state index in [-0.39, 0.29) is 18.3 Å². The molecule has 1 aromatic heterocycles. The molecule has 24 heavy (non-hydrogen) atoms. The van der Waals surface area contributed by atoms with Crippen molar-refractivity contribution in [1.29, 1.82) is 0 Å². The third kappa shape index (κ3) is 3.10. The summed E-state index contributed by atoms with van der Waals surface area (Å²) in [6.07, 6.45) is 3.25. The maximum atomic E-state index is 12.8. The molecule has 0 radical (unpaired) electrons. The summed E-state index contributed by atoms with van der Waals surface area (Å²) in [4.78, 5) is 17.1. The molecule has 1 atom stereocenters. The fraction of sp³-hybridized carbons (Fsp3) is 0.421. The number of fused-ring (bicyclic) bond motifs is 3. The van der Waals surface area contributed by atoms with Crippen LogP contribution in [0.3, 0.4) is 0 Å². The van der Waals surface area contributed by atoms with Crippen LogP contribution in [-0.4, -0.2) is 37.5 Å². The number of carbonyl (C=O) groups excluding carboxylic acids is 1. The number of hydrogen-bond acceptors (Lipinski definition) is 3. The molecule has 4 rings (SSSR count). The molecule has 1 amide bonds. The quantitative estimate of drug-likeness (QED) is 0.904. The van der Waals surface area contributed by atoms with Gasteiger partial charge in [0.1, 0.15) is 0 Å². The van der Waals surface area contributed by atoms with Gasteiger partial charge in [0.05, 0.1) is 4.88 Å². The molecule has 1 fully saturated rings. The molecule has 1 aromatic carbocycles. The summed E-state index contributed by atoms with van der Waals surface area (Å²) in [7, 11) is 1.98. The van der Waals surface area contributed by atoms with Gasteiger partial charge in [-0.25, -0.2) is 0 Å². The van der Waals surface area contributed by atoms with Crippen LogP contribution >= 0.6 is 23.7 Å². The lowest BCUT2D eigenvalue weighted by Gasteiger charge is -2.15. The van der Waals surface area contributed by atoms with Gasteiger partial charge in [-0.1, -0.05) is 24.3 Å². The Bertz CT molecular complexity index is 743. The van der Waals surface area contributed by atoms with Crippen LogP contribution in [0.4, 0.5) is 0 Å². The highest BCUT2D eigenvalue weighted by Gasteiger charge is 2.29. The predicted molar refractivity (Wildman–Crippen MR) is 102 cm³/mol. The Morgan fingerprint density at radius 1 is 1.29 bits per heavy atom. The van der Waals surface area contributed by atoms with Gasteiger partial charge in [0.25, 0.3) is 5.91 Å². The van der Waals surface area contributed by atoms with E-state index in [9.17, 15) is 4.79 Å². The molecule has 0 saturated carbocycles. The van der Waals surface area contributed by atoms with Gasteiger partial charge in [0.15, 0.2) is 0 Å². The van der Waals surface area contributed by atoms with Crippen LogP contribution in [0, 0.1) is 5.92 Å². The Labute approximate surface area is 153 Å². The molecule has 3 nitrogen and oxygen atoms in total. The van der Waals surface area contributed by atoms with E-state index in [0.717, 1.165) is 43.8 Å². The van der Waals surface area contributed by atoms with Gasteiger partial charge in [0, 0.05) is 18.0 Å². The van der Waals surface area contributed by atoms with Crippen molar-refractivity contribution in [1.82, 2.24) is 10.2 Å². The van der Waals surface area contributed by atoms with Crippen LogP contribution in [0.1, 0.15) is 27.2 Å². The second kappa shape index (κ2) is 7.26. The Morgan fingerprint density at radius 2 is 2.08 bits per heavy atom. The molecule has 2 heterocycles. The molecule has 0 bridgehead atoms. The number of amides is 1. The van der Waals surface area contributed by atoms with E-state index in [4.69, 9.17) is 0 Å². The van der Waals surface area contributed by atoms with Crippen molar-refractivity contribution >= 4 is 29.7 Å². The van der Waals surface area contributed by atoms with E-state index in [1.807, 2.05) is 11.9 Å². The van der Waals surface area contributed by atoms with E-state index in [0.29, 0.717) is 5.92 Å². The maximum absolute atomic E-state index is 12.8. The second-order valence-electron chi connectivity index (χ2n) is 6.59. The van der Waals surface area contributed by atoms with Crippen LogP contribution in [0.5, 0.6) is 0 Å². The summed E-state index contributed by atoms with van der Waals surface area (Å²) in [6, 6.07) is 10.7. The normalized spacial score (nSPS) is 18.7. The Balaban J connectivity index is 0.00000169. The highest BCUT2D eigenvalue weighted by molar-refractivity contribution is 7.17. The number of hydrogen-bond donors (Lipinski definition) is 1. The molecule has 1 aliphatic heterocycles. The first-order chi connectivity index (χ1) is 11.3. The fourth-order valence-electron chi connectivity index (χ4n) is 3.81. The molecule has 5 heteroatoms. The van der Waals surface area contributed by atoms with Crippen molar-refractivity contribution in [3.05, 3.63) is 46.3 Å². The van der Waals surface area contributed by atoms with Crippen molar-refractivity contribution in [2.45, 2.75) is 19.3 Å².